The Hall–Kier alpha value is -1.59. The van der Waals surface area contributed by atoms with E-state index in [1.165, 1.54) is 10.5 Å². The normalized spacial score (nSPS) is 22.7. The molecule has 0 unspecified atom stereocenters. The van der Waals surface area contributed by atoms with Gasteiger partial charge in [0.25, 0.3) is 0 Å². The Balaban J connectivity index is 2.17. The SMILES string of the molecule is CC(C)(C)N(C(=O)O)[C@@]1(CO)CCN(Cc2ccccc2)C1. The number of hydrogen-bond donors (Lipinski definition) is 2. The zero-order valence-corrected chi connectivity index (χ0v) is 13.6. The fourth-order valence-electron chi connectivity index (χ4n) is 3.50. The van der Waals surface area contributed by atoms with Gasteiger partial charge in [-0.05, 0) is 32.8 Å². The zero-order valence-electron chi connectivity index (χ0n) is 13.6. The van der Waals surface area contributed by atoms with Crippen LogP contribution in [0.2, 0.25) is 0 Å². The van der Waals surface area contributed by atoms with Crippen molar-refractivity contribution >= 4 is 6.09 Å². The molecule has 1 fully saturated rings. The van der Waals surface area contributed by atoms with E-state index >= 15 is 0 Å². The molecule has 0 aromatic heterocycles. The molecule has 5 nitrogen and oxygen atoms in total. The lowest BCUT2D eigenvalue weighted by atomic mass is 9.91. The summed E-state index contributed by atoms with van der Waals surface area (Å²) in [6.45, 7) is 7.59. The Morgan fingerprint density at radius 2 is 1.95 bits per heavy atom. The van der Waals surface area contributed by atoms with Crippen molar-refractivity contribution in [3.8, 4) is 0 Å². The van der Waals surface area contributed by atoms with Crippen LogP contribution in [0.5, 0.6) is 0 Å². The van der Waals surface area contributed by atoms with Gasteiger partial charge < -0.3 is 10.2 Å². The molecule has 1 aromatic carbocycles. The summed E-state index contributed by atoms with van der Waals surface area (Å²) in [4.78, 5) is 15.4. The predicted octanol–water partition coefficient (Wildman–Crippen LogP) is 2.40. The number of nitrogens with zero attached hydrogens (tertiary/aromatic N) is 2. The van der Waals surface area contributed by atoms with Crippen LogP contribution >= 0.6 is 0 Å². The minimum atomic E-state index is -0.969. The molecule has 1 heterocycles. The molecular weight excluding hydrogens is 280 g/mol. The number of hydrogen-bond acceptors (Lipinski definition) is 3. The van der Waals surface area contributed by atoms with E-state index < -0.39 is 17.2 Å². The molecule has 1 saturated heterocycles. The lowest BCUT2D eigenvalue weighted by Gasteiger charge is -2.46. The Morgan fingerprint density at radius 1 is 1.32 bits per heavy atom. The van der Waals surface area contributed by atoms with E-state index in [0.29, 0.717) is 13.0 Å². The topological polar surface area (TPSA) is 64.0 Å². The fourth-order valence-corrected chi connectivity index (χ4v) is 3.50. The molecule has 22 heavy (non-hydrogen) atoms. The highest BCUT2D eigenvalue weighted by molar-refractivity contribution is 5.67. The molecule has 122 valence electrons. The van der Waals surface area contributed by atoms with Crippen LogP contribution in [0.15, 0.2) is 30.3 Å². The van der Waals surface area contributed by atoms with Crippen molar-refractivity contribution in [2.75, 3.05) is 19.7 Å². The lowest BCUT2D eigenvalue weighted by Crippen LogP contribution is -2.62. The average Bonchev–Trinajstić information content (AvgIpc) is 2.82. The van der Waals surface area contributed by atoms with Crippen molar-refractivity contribution in [1.29, 1.82) is 0 Å². The number of rotatable bonds is 4. The average molecular weight is 306 g/mol. The minimum absolute atomic E-state index is 0.151. The zero-order chi connectivity index (χ0) is 16.4. The van der Waals surface area contributed by atoms with Gasteiger partial charge in [-0.2, -0.15) is 0 Å². The van der Waals surface area contributed by atoms with E-state index in [1.54, 1.807) is 0 Å². The van der Waals surface area contributed by atoms with Gasteiger partial charge in [-0.15, -0.1) is 0 Å². The molecule has 1 aliphatic heterocycles. The standard InChI is InChI=1S/C17H26N2O3/c1-16(2,3)19(15(21)22)17(13-20)9-10-18(12-17)11-14-7-5-4-6-8-14/h4-8,20H,9-13H2,1-3H3,(H,21,22)/t17-/m0/s1. The number of aliphatic hydroxyl groups is 1. The fraction of sp³-hybridized carbons (Fsp3) is 0.588. The van der Waals surface area contributed by atoms with Crippen molar-refractivity contribution in [1.82, 2.24) is 9.80 Å². The van der Waals surface area contributed by atoms with Gasteiger partial charge in [0.15, 0.2) is 0 Å². The molecule has 2 rings (SSSR count). The van der Waals surface area contributed by atoms with Gasteiger partial charge in [-0.3, -0.25) is 9.80 Å². The van der Waals surface area contributed by atoms with Crippen LogP contribution < -0.4 is 0 Å². The second-order valence-corrected chi connectivity index (χ2v) is 7.12. The first-order chi connectivity index (χ1) is 10.3. The van der Waals surface area contributed by atoms with Crippen molar-refractivity contribution in [2.24, 2.45) is 0 Å². The monoisotopic (exact) mass is 306 g/mol. The Bertz CT molecular complexity index is 512. The summed E-state index contributed by atoms with van der Waals surface area (Å²) in [5.74, 6) is 0. The Labute approximate surface area is 132 Å². The van der Waals surface area contributed by atoms with Crippen LogP contribution in [-0.2, 0) is 6.54 Å². The molecule has 5 heteroatoms. The Kier molecular flexibility index (Phi) is 4.78. The number of aliphatic hydroxyl groups excluding tert-OH is 1. The third kappa shape index (κ3) is 3.42. The maximum absolute atomic E-state index is 11.8. The Morgan fingerprint density at radius 3 is 2.45 bits per heavy atom. The van der Waals surface area contributed by atoms with E-state index in [4.69, 9.17) is 0 Å². The van der Waals surface area contributed by atoms with Gasteiger partial charge in [0.1, 0.15) is 0 Å². The van der Waals surface area contributed by atoms with Crippen molar-refractivity contribution < 1.29 is 15.0 Å². The molecule has 1 amide bonds. The van der Waals surface area contributed by atoms with Crippen LogP contribution in [-0.4, -0.2) is 56.9 Å². The summed E-state index contributed by atoms with van der Waals surface area (Å²) in [5, 5.41) is 19.6. The maximum Gasteiger partial charge on any atom is 0.408 e. The molecule has 1 aliphatic rings. The molecule has 0 spiro atoms. The highest BCUT2D eigenvalue weighted by Crippen LogP contribution is 2.34. The van der Waals surface area contributed by atoms with Crippen LogP contribution in [0.25, 0.3) is 0 Å². The molecule has 0 aliphatic carbocycles. The quantitative estimate of drug-likeness (QED) is 0.896. The van der Waals surface area contributed by atoms with Crippen LogP contribution in [0, 0.1) is 0 Å². The highest BCUT2D eigenvalue weighted by Gasteiger charge is 2.49. The molecule has 0 radical (unpaired) electrons. The smallest absolute Gasteiger partial charge is 0.408 e. The van der Waals surface area contributed by atoms with E-state index in [1.807, 2.05) is 39.0 Å². The van der Waals surface area contributed by atoms with Crippen LogP contribution in [0.1, 0.15) is 32.8 Å². The number of carbonyl (C=O) groups is 1. The molecule has 1 atom stereocenters. The summed E-state index contributed by atoms with van der Waals surface area (Å²) in [5.41, 5.74) is -0.0650. The second kappa shape index (κ2) is 6.26. The van der Waals surface area contributed by atoms with E-state index in [0.717, 1.165) is 13.1 Å². The van der Waals surface area contributed by atoms with Gasteiger partial charge >= 0.3 is 6.09 Å². The number of benzene rings is 1. The summed E-state index contributed by atoms with van der Waals surface area (Å²) >= 11 is 0. The largest absolute Gasteiger partial charge is 0.465 e. The highest BCUT2D eigenvalue weighted by atomic mass is 16.4. The first-order valence-corrected chi connectivity index (χ1v) is 7.69. The van der Waals surface area contributed by atoms with Gasteiger partial charge in [-0.25, -0.2) is 4.79 Å². The second-order valence-electron chi connectivity index (χ2n) is 7.12. The third-order valence-electron chi connectivity index (χ3n) is 4.29. The summed E-state index contributed by atoms with van der Waals surface area (Å²) in [6, 6.07) is 10.1. The van der Waals surface area contributed by atoms with Gasteiger partial charge in [-0.1, -0.05) is 30.3 Å². The lowest BCUT2D eigenvalue weighted by molar-refractivity contribution is -0.0113. The van der Waals surface area contributed by atoms with Crippen molar-refractivity contribution in [3.05, 3.63) is 35.9 Å². The van der Waals surface area contributed by atoms with E-state index in [-0.39, 0.29) is 6.61 Å². The van der Waals surface area contributed by atoms with Crippen LogP contribution in [0.3, 0.4) is 0 Å². The van der Waals surface area contributed by atoms with E-state index in [9.17, 15) is 15.0 Å². The number of likely N-dealkylation sites (tertiary alicyclic amines) is 1. The first-order valence-electron chi connectivity index (χ1n) is 7.69. The van der Waals surface area contributed by atoms with Crippen molar-refractivity contribution in [2.45, 2.75) is 44.8 Å². The number of carboxylic acid groups (broad SMARTS) is 1. The van der Waals surface area contributed by atoms with Gasteiger partial charge in [0, 0.05) is 25.2 Å². The molecule has 0 saturated carbocycles. The molecule has 1 aromatic rings. The summed E-state index contributed by atoms with van der Waals surface area (Å²) in [7, 11) is 0. The minimum Gasteiger partial charge on any atom is -0.465 e. The van der Waals surface area contributed by atoms with Crippen LogP contribution in [0.4, 0.5) is 4.79 Å². The molecule has 0 bridgehead atoms. The third-order valence-corrected chi connectivity index (χ3v) is 4.29. The molecular formula is C17H26N2O3. The summed E-state index contributed by atoms with van der Waals surface area (Å²) < 4.78 is 0. The maximum atomic E-state index is 11.8. The summed E-state index contributed by atoms with van der Waals surface area (Å²) in [6.07, 6.45) is -0.317. The van der Waals surface area contributed by atoms with Gasteiger partial charge in [0.2, 0.25) is 0 Å². The van der Waals surface area contributed by atoms with E-state index in [2.05, 4.69) is 17.0 Å². The first kappa shape index (κ1) is 16.8. The molecule has 2 N–H and O–H groups in total. The van der Waals surface area contributed by atoms with Crippen molar-refractivity contribution in [3.63, 3.8) is 0 Å². The predicted molar refractivity (Wildman–Crippen MR) is 85.8 cm³/mol. The number of amides is 1. The van der Waals surface area contributed by atoms with Gasteiger partial charge in [0.05, 0.1) is 12.1 Å².